The number of carbonyl (C=O) groups excluding carboxylic acids is 2. The summed E-state index contributed by atoms with van der Waals surface area (Å²) >= 11 is 1.19. The highest BCUT2D eigenvalue weighted by Crippen LogP contribution is 2.17. The number of carbonyl (C=O) groups is 2. The van der Waals surface area contributed by atoms with Gasteiger partial charge in [-0.15, -0.1) is 10.2 Å². The van der Waals surface area contributed by atoms with Crippen LogP contribution in [0.25, 0.3) is 0 Å². The third kappa shape index (κ3) is 4.61. The summed E-state index contributed by atoms with van der Waals surface area (Å²) in [6.45, 7) is 0. The van der Waals surface area contributed by atoms with Gasteiger partial charge < -0.3 is 10.6 Å². The minimum atomic E-state index is -0.852. The molecule has 1 atom stereocenters. The van der Waals surface area contributed by atoms with Crippen LogP contribution in [-0.2, 0) is 4.79 Å². The summed E-state index contributed by atoms with van der Waals surface area (Å²) in [4.78, 5) is 24.9. The number of benzene rings is 2. The van der Waals surface area contributed by atoms with Gasteiger partial charge in [0.2, 0.25) is 5.13 Å². The van der Waals surface area contributed by atoms with Crippen molar-refractivity contribution in [2.45, 2.75) is 6.04 Å². The molecule has 0 aliphatic rings. The summed E-state index contributed by atoms with van der Waals surface area (Å²) in [5.74, 6) is -0.343. The molecule has 2 aromatic carbocycles. The quantitative estimate of drug-likeness (QED) is 0.657. The van der Waals surface area contributed by atoms with Crippen LogP contribution < -0.4 is 16.0 Å². The lowest BCUT2D eigenvalue weighted by Gasteiger charge is -2.19. The number of para-hydroxylation sites is 1. The smallest absolute Gasteiger partial charge is 0.322 e. The number of amides is 3. The third-order valence-corrected chi connectivity index (χ3v) is 3.90. The van der Waals surface area contributed by atoms with E-state index in [4.69, 9.17) is 0 Å². The molecule has 25 heavy (non-hydrogen) atoms. The lowest BCUT2D eigenvalue weighted by Crippen LogP contribution is -2.39. The molecule has 126 valence electrons. The molecule has 3 N–H and O–H groups in total. The Morgan fingerprint density at radius 1 is 0.920 bits per heavy atom. The fourth-order valence-corrected chi connectivity index (χ4v) is 2.61. The van der Waals surface area contributed by atoms with Crippen LogP contribution >= 0.6 is 11.3 Å². The molecule has 0 aliphatic carbocycles. The lowest BCUT2D eigenvalue weighted by atomic mass is 10.1. The maximum atomic E-state index is 12.7. The molecule has 3 rings (SSSR count). The second kappa shape index (κ2) is 8.02. The topological polar surface area (TPSA) is 96.0 Å². The maximum Gasteiger partial charge on any atom is 0.322 e. The van der Waals surface area contributed by atoms with Crippen LogP contribution in [-0.4, -0.2) is 22.1 Å². The predicted molar refractivity (Wildman–Crippen MR) is 96.3 cm³/mol. The number of urea groups is 1. The lowest BCUT2D eigenvalue weighted by molar-refractivity contribution is -0.118. The van der Waals surface area contributed by atoms with Crippen LogP contribution in [0.4, 0.5) is 15.6 Å². The van der Waals surface area contributed by atoms with Gasteiger partial charge in [-0.25, -0.2) is 4.79 Å². The summed E-state index contributed by atoms with van der Waals surface area (Å²) in [6, 6.07) is 16.7. The number of hydrogen-bond donors (Lipinski definition) is 3. The van der Waals surface area contributed by atoms with Crippen molar-refractivity contribution < 1.29 is 9.59 Å². The van der Waals surface area contributed by atoms with E-state index < -0.39 is 12.1 Å². The van der Waals surface area contributed by atoms with Crippen LogP contribution in [0.15, 0.2) is 66.2 Å². The summed E-state index contributed by atoms with van der Waals surface area (Å²) in [5.41, 5.74) is 2.83. The molecule has 7 nitrogen and oxygen atoms in total. The van der Waals surface area contributed by atoms with E-state index in [1.165, 1.54) is 16.8 Å². The molecule has 0 radical (unpaired) electrons. The second-order valence-electron chi connectivity index (χ2n) is 5.04. The molecule has 0 unspecified atom stereocenters. The number of nitrogens with zero attached hydrogens (tertiary/aromatic N) is 2. The summed E-state index contributed by atoms with van der Waals surface area (Å²) in [6.07, 6.45) is 0. The van der Waals surface area contributed by atoms with Crippen molar-refractivity contribution >= 4 is 34.1 Å². The highest BCUT2D eigenvalue weighted by Gasteiger charge is 2.23. The van der Waals surface area contributed by atoms with Gasteiger partial charge in [-0.05, 0) is 17.7 Å². The molecule has 0 saturated heterocycles. The average Bonchev–Trinajstić information content (AvgIpc) is 3.14. The number of nitrogens with one attached hydrogen (secondary N) is 3. The molecule has 0 bridgehead atoms. The van der Waals surface area contributed by atoms with Crippen molar-refractivity contribution in [1.29, 1.82) is 0 Å². The predicted octanol–water partition coefficient (Wildman–Crippen LogP) is 3.04. The van der Waals surface area contributed by atoms with Crippen molar-refractivity contribution in [3.8, 4) is 0 Å². The van der Waals surface area contributed by atoms with Gasteiger partial charge in [0.25, 0.3) is 5.91 Å². The second-order valence-corrected chi connectivity index (χ2v) is 5.87. The fraction of sp³-hybridized carbons (Fsp3) is 0.0588. The molecule has 0 fully saturated rings. The van der Waals surface area contributed by atoms with E-state index in [2.05, 4.69) is 26.1 Å². The van der Waals surface area contributed by atoms with Gasteiger partial charge in [-0.1, -0.05) is 59.9 Å². The van der Waals surface area contributed by atoms with Crippen LogP contribution in [0.1, 0.15) is 11.6 Å². The van der Waals surface area contributed by atoms with E-state index in [-0.39, 0.29) is 5.91 Å². The highest BCUT2D eigenvalue weighted by molar-refractivity contribution is 7.13. The van der Waals surface area contributed by atoms with Gasteiger partial charge in [0.05, 0.1) is 0 Å². The Bertz CT molecular complexity index is 825. The highest BCUT2D eigenvalue weighted by atomic mass is 32.1. The number of rotatable bonds is 5. The molecule has 1 aromatic heterocycles. The zero-order valence-electron chi connectivity index (χ0n) is 13.0. The molecular weight excluding hydrogens is 338 g/mol. The van der Waals surface area contributed by atoms with E-state index >= 15 is 0 Å². The van der Waals surface area contributed by atoms with Gasteiger partial charge in [0.15, 0.2) is 0 Å². The Morgan fingerprint density at radius 3 is 2.24 bits per heavy atom. The molecule has 3 aromatic rings. The zero-order valence-corrected chi connectivity index (χ0v) is 13.9. The SMILES string of the molecule is O=C(Nc1nncs1)N[C@@H](C(=O)Nc1ccccc1)c1ccccc1. The van der Waals surface area contributed by atoms with Crippen LogP contribution in [0.5, 0.6) is 0 Å². The Kier molecular flexibility index (Phi) is 5.32. The van der Waals surface area contributed by atoms with Crippen LogP contribution in [0.2, 0.25) is 0 Å². The molecule has 3 amide bonds. The normalized spacial score (nSPS) is 11.4. The third-order valence-electron chi connectivity index (χ3n) is 3.29. The average molecular weight is 353 g/mol. The van der Waals surface area contributed by atoms with Crippen molar-refractivity contribution in [2.24, 2.45) is 0 Å². The van der Waals surface area contributed by atoms with E-state index in [1.54, 1.807) is 24.3 Å². The molecule has 8 heteroatoms. The number of aromatic nitrogens is 2. The Balaban J connectivity index is 1.75. The largest absolute Gasteiger partial charge is 0.324 e. The van der Waals surface area contributed by atoms with E-state index in [9.17, 15) is 9.59 Å². The number of anilines is 2. The summed E-state index contributed by atoms with van der Waals surface area (Å²) < 4.78 is 0. The van der Waals surface area contributed by atoms with E-state index in [0.717, 1.165) is 0 Å². The van der Waals surface area contributed by atoms with Crippen molar-refractivity contribution in [3.63, 3.8) is 0 Å². The maximum absolute atomic E-state index is 12.7. The standard InChI is InChI=1S/C17H15N5O2S/c23-15(19-13-9-5-2-6-10-13)14(12-7-3-1-4-8-12)20-16(24)21-17-22-18-11-25-17/h1-11,14H,(H,19,23)(H2,20,21,22,24)/t14-/m1/s1. The van der Waals surface area contributed by atoms with Gasteiger partial charge in [0, 0.05) is 5.69 Å². The first-order valence-corrected chi connectivity index (χ1v) is 8.35. The molecule has 0 spiro atoms. The minimum absolute atomic E-state index is 0.343. The first-order valence-electron chi connectivity index (χ1n) is 7.47. The van der Waals surface area contributed by atoms with Crippen molar-refractivity contribution in [1.82, 2.24) is 15.5 Å². The van der Waals surface area contributed by atoms with Crippen LogP contribution in [0.3, 0.4) is 0 Å². The number of hydrogen-bond acceptors (Lipinski definition) is 5. The Morgan fingerprint density at radius 2 is 1.60 bits per heavy atom. The molecule has 0 saturated carbocycles. The zero-order chi connectivity index (χ0) is 17.5. The fourth-order valence-electron chi connectivity index (χ4n) is 2.17. The Labute approximate surface area is 148 Å². The van der Waals surface area contributed by atoms with Gasteiger partial charge in [-0.2, -0.15) is 0 Å². The van der Waals surface area contributed by atoms with Gasteiger partial charge >= 0.3 is 6.03 Å². The first-order chi connectivity index (χ1) is 12.2. The first kappa shape index (κ1) is 16.6. The summed E-state index contributed by atoms with van der Waals surface area (Å²) in [7, 11) is 0. The Hall–Kier alpha value is -3.26. The minimum Gasteiger partial charge on any atom is -0.324 e. The molecule has 0 aliphatic heterocycles. The summed E-state index contributed by atoms with van der Waals surface area (Å²) in [5, 5.41) is 15.8. The van der Waals surface area contributed by atoms with E-state index in [0.29, 0.717) is 16.4 Å². The monoisotopic (exact) mass is 353 g/mol. The molecule has 1 heterocycles. The van der Waals surface area contributed by atoms with Gasteiger partial charge in [-0.3, -0.25) is 10.1 Å². The van der Waals surface area contributed by atoms with Crippen molar-refractivity contribution in [3.05, 3.63) is 71.7 Å². The molecular formula is C17H15N5O2S. The van der Waals surface area contributed by atoms with E-state index in [1.807, 2.05) is 36.4 Å². The van der Waals surface area contributed by atoms with Crippen molar-refractivity contribution in [2.75, 3.05) is 10.6 Å². The van der Waals surface area contributed by atoms with Crippen LogP contribution in [0, 0.1) is 0 Å². The van der Waals surface area contributed by atoms with Gasteiger partial charge in [0.1, 0.15) is 11.6 Å².